The van der Waals surface area contributed by atoms with Crippen LogP contribution in [-0.4, -0.2) is 32.9 Å². The fraction of sp³-hybridized carbons (Fsp3) is 0.211. The van der Waals surface area contributed by atoms with Gasteiger partial charge in [0.1, 0.15) is 5.75 Å². The smallest absolute Gasteiger partial charge is 0.344 e. The molecule has 26 heavy (non-hydrogen) atoms. The number of ether oxygens (including phenoxy) is 1. The minimum Gasteiger partial charge on any atom is -0.492 e. The summed E-state index contributed by atoms with van der Waals surface area (Å²) in [6.07, 6.45) is 0. The number of carbonyl (C=O) groups is 1. The number of nitrogens with zero attached hydrogens (tertiary/aromatic N) is 2. The first-order valence-electron chi connectivity index (χ1n) is 8.20. The monoisotopic (exact) mass is 369 g/mol. The maximum absolute atomic E-state index is 12.0. The third-order valence-electron chi connectivity index (χ3n) is 3.75. The van der Waals surface area contributed by atoms with Crippen molar-refractivity contribution in [2.24, 2.45) is 0 Å². The number of Topliss-reactive ketones (excluding diaryl/α,β-unsaturated/α-hetero) is 1. The highest BCUT2D eigenvalue weighted by Gasteiger charge is 2.11. The predicted molar refractivity (Wildman–Crippen MR) is 101 cm³/mol. The van der Waals surface area contributed by atoms with Gasteiger partial charge in [0.25, 0.3) is 0 Å². The molecular weight excluding hydrogens is 350 g/mol. The number of rotatable bonds is 8. The third kappa shape index (κ3) is 4.43. The lowest BCUT2D eigenvalue weighted by atomic mass is 10.1. The summed E-state index contributed by atoms with van der Waals surface area (Å²) in [6, 6.07) is 16.9. The second kappa shape index (κ2) is 8.53. The zero-order valence-corrected chi connectivity index (χ0v) is 15.2. The Labute approximate surface area is 155 Å². The van der Waals surface area contributed by atoms with Crippen LogP contribution in [0.2, 0.25) is 0 Å². The van der Waals surface area contributed by atoms with E-state index in [2.05, 4.69) is 10.2 Å². The highest BCUT2D eigenvalue weighted by molar-refractivity contribution is 7.99. The largest absolute Gasteiger partial charge is 0.492 e. The molecule has 7 heteroatoms. The molecule has 134 valence electrons. The summed E-state index contributed by atoms with van der Waals surface area (Å²) in [4.78, 5) is 23.6. The minimum atomic E-state index is -0.237. The molecule has 0 atom stereocenters. The lowest BCUT2D eigenvalue weighted by molar-refractivity contribution is 0.101. The van der Waals surface area contributed by atoms with Crippen molar-refractivity contribution in [3.63, 3.8) is 0 Å². The summed E-state index contributed by atoms with van der Waals surface area (Å²) in [7, 11) is 0. The molecular formula is C19H19N3O3S. The van der Waals surface area contributed by atoms with Gasteiger partial charge in [0.05, 0.1) is 18.7 Å². The van der Waals surface area contributed by atoms with Crippen LogP contribution in [0.4, 0.5) is 0 Å². The van der Waals surface area contributed by atoms with E-state index >= 15 is 0 Å². The normalized spacial score (nSPS) is 10.7. The molecule has 0 aliphatic heterocycles. The number of H-pyrrole nitrogens is 1. The van der Waals surface area contributed by atoms with Gasteiger partial charge in [-0.1, -0.05) is 54.2 Å². The van der Waals surface area contributed by atoms with Crippen molar-refractivity contribution in [1.82, 2.24) is 14.8 Å². The van der Waals surface area contributed by atoms with E-state index < -0.39 is 0 Å². The zero-order chi connectivity index (χ0) is 18.4. The molecule has 2 aromatic carbocycles. The standard InChI is InChI=1S/C19H19N3O3S/c1-14(23)16-9-5-6-10-17(16)25-11-12-26-19-21-20-18(24)22(19)13-15-7-3-2-4-8-15/h2-10H,11-13H2,1H3,(H,20,24). The van der Waals surface area contributed by atoms with Crippen LogP contribution in [0.25, 0.3) is 0 Å². The quantitative estimate of drug-likeness (QED) is 0.375. The van der Waals surface area contributed by atoms with Gasteiger partial charge in [0.15, 0.2) is 10.9 Å². The lowest BCUT2D eigenvalue weighted by Gasteiger charge is -2.09. The summed E-state index contributed by atoms with van der Waals surface area (Å²) in [5.41, 5.74) is 1.36. The van der Waals surface area contributed by atoms with Gasteiger partial charge in [0.2, 0.25) is 0 Å². The second-order valence-corrected chi connectivity index (χ2v) is 6.69. The lowest BCUT2D eigenvalue weighted by Crippen LogP contribution is -2.18. The number of para-hydroxylation sites is 1. The Morgan fingerprint density at radius 1 is 1.15 bits per heavy atom. The van der Waals surface area contributed by atoms with Gasteiger partial charge >= 0.3 is 5.69 Å². The highest BCUT2D eigenvalue weighted by atomic mass is 32.2. The Bertz CT molecular complexity index is 934. The summed E-state index contributed by atoms with van der Waals surface area (Å²) in [5, 5.41) is 7.19. The Hall–Kier alpha value is -2.80. The fourth-order valence-corrected chi connectivity index (χ4v) is 3.25. The van der Waals surface area contributed by atoms with Gasteiger partial charge in [-0.25, -0.2) is 9.89 Å². The number of nitrogens with one attached hydrogen (secondary N) is 1. The third-order valence-corrected chi connectivity index (χ3v) is 4.69. The van der Waals surface area contributed by atoms with E-state index in [4.69, 9.17) is 4.74 Å². The van der Waals surface area contributed by atoms with Crippen LogP contribution >= 0.6 is 11.8 Å². The molecule has 0 saturated heterocycles. The number of carbonyl (C=O) groups excluding carboxylic acids is 1. The number of hydrogen-bond donors (Lipinski definition) is 1. The van der Waals surface area contributed by atoms with Crippen LogP contribution in [0.3, 0.4) is 0 Å². The number of benzene rings is 2. The van der Waals surface area contributed by atoms with Crippen LogP contribution < -0.4 is 10.4 Å². The molecule has 6 nitrogen and oxygen atoms in total. The maximum Gasteiger partial charge on any atom is 0.344 e. The van der Waals surface area contributed by atoms with E-state index in [0.29, 0.717) is 35.4 Å². The molecule has 0 aliphatic carbocycles. The predicted octanol–water partition coefficient (Wildman–Crippen LogP) is 2.99. The van der Waals surface area contributed by atoms with Crippen LogP contribution in [0.1, 0.15) is 22.8 Å². The van der Waals surface area contributed by atoms with Crippen LogP contribution in [0.5, 0.6) is 5.75 Å². The number of ketones is 1. The van der Waals surface area contributed by atoms with Gasteiger partial charge < -0.3 is 4.74 Å². The molecule has 0 amide bonds. The molecule has 1 N–H and O–H groups in total. The summed E-state index contributed by atoms with van der Waals surface area (Å²) in [6.45, 7) is 2.39. The van der Waals surface area contributed by atoms with Crippen molar-refractivity contribution in [2.45, 2.75) is 18.6 Å². The maximum atomic E-state index is 12.0. The average molecular weight is 369 g/mol. The van der Waals surface area contributed by atoms with E-state index in [1.165, 1.54) is 18.7 Å². The van der Waals surface area contributed by atoms with Crippen molar-refractivity contribution >= 4 is 17.5 Å². The van der Waals surface area contributed by atoms with Gasteiger partial charge in [-0.2, -0.15) is 0 Å². The van der Waals surface area contributed by atoms with Crippen molar-refractivity contribution in [3.8, 4) is 5.75 Å². The molecule has 0 spiro atoms. The van der Waals surface area contributed by atoms with Crippen molar-refractivity contribution in [3.05, 3.63) is 76.2 Å². The van der Waals surface area contributed by atoms with Crippen molar-refractivity contribution in [1.29, 1.82) is 0 Å². The molecule has 0 unspecified atom stereocenters. The van der Waals surface area contributed by atoms with E-state index in [0.717, 1.165) is 5.56 Å². The van der Waals surface area contributed by atoms with Crippen LogP contribution in [0.15, 0.2) is 64.5 Å². The summed E-state index contributed by atoms with van der Waals surface area (Å²) >= 11 is 1.43. The Balaban J connectivity index is 1.59. The minimum absolute atomic E-state index is 0.0303. The number of aromatic amines is 1. The highest BCUT2D eigenvalue weighted by Crippen LogP contribution is 2.20. The topological polar surface area (TPSA) is 77.0 Å². The Morgan fingerprint density at radius 2 is 1.88 bits per heavy atom. The molecule has 0 bridgehead atoms. The van der Waals surface area contributed by atoms with Crippen LogP contribution in [-0.2, 0) is 6.54 Å². The molecule has 0 radical (unpaired) electrons. The molecule has 3 rings (SSSR count). The first-order chi connectivity index (χ1) is 12.6. The van der Waals surface area contributed by atoms with Crippen molar-refractivity contribution in [2.75, 3.05) is 12.4 Å². The van der Waals surface area contributed by atoms with E-state index in [1.54, 1.807) is 16.7 Å². The molecule has 0 saturated carbocycles. The molecule has 1 heterocycles. The molecule has 0 aliphatic rings. The first kappa shape index (κ1) is 18.0. The average Bonchev–Trinajstić information content (AvgIpc) is 3.00. The summed E-state index contributed by atoms with van der Waals surface area (Å²) in [5.74, 6) is 1.15. The first-order valence-corrected chi connectivity index (χ1v) is 9.18. The molecule has 1 aromatic heterocycles. The number of aromatic nitrogens is 3. The van der Waals surface area contributed by atoms with Crippen LogP contribution in [0, 0.1) is 0 Å². The van der Waals surface area contributed by atoms with Gasteiger partial charge in [-0.05, 0) is 24.6 Å². The van der Waals surface area contributed by atoms with Gasteiger partial charge in [-0.15, -0.1) is 5.10 Å². The second-order valence-electron chi connectivity index (χ2n) is 5.63. The van der Waals surface area contributed by atoms with Gasteiger partial charge in [-0.3, -0.25) is 9.36 Å². The van der Waals surface area contributed by atoms with Crippen molar-refractivity contribution < 1.29 is 9.53 Å². The van der Waals surface area contributed by atoms with E-state index in [1.807, 2.05) is 42.5 Å². The number of hydrogen-bond acceptors (Lipinski definition) is 5. The van der Waals surface area contributed by atoms with E-state index in [-0.39, 0.29) is 11.5 Å². The van der Waals surface area contributed by atoms with Gasteiger partial charge in [0, 0.05) is 5.75 Å². The SMILES string of the molecule is CC(=O)c1ccccc1OCCSc1n[nH]c(=O)n1Cc1ccccc1. The van der Waals surface area contributed by atoms with E-state index in [9.17, 15) is 9.59 Å². The summed E-state index contributed by atoms with van der Waals surface area (Å²) < 4.78 is 7.32. The molecule has 0 fully saturated rings. The zero-order valence-electron chi connectivity index (χ0n) is 14.3. The Morgan fingerprint density at radius 3 is 2.65 bits per heavy atom. The Kier molecular flexibility index (Phi) is 5.91. The number of thioether (sulfide) groups is 1. The fourth-order valence-electron chi connectivity index (χ4n) is 2.49. The molecule has 3 aromatic rings.